The lowest BCUT2D eigenvalue weighted by molar-refractivity contribution is -0.122. The van der Waals surface area contributed by atoms with Crippen LogP contribution in [0.15, 0.2) is 42.5 Å². The summed E-state index contributed by atoms with van der Waals surface area (Å²) in [5, 5.41) is 2.87. The molecule has 3 rings (SSSR count). The van der Waals surface area contributed by atoms with Crippen LogP contribution in [0.5, 0.6) is 11.5 Å². The summed E-state index contributed by atoms with van der Waals surface area (Å²) in [5.74, 6) is -1.76. The smallest absolute Gasteiger partial charge is 0.273 e. The Kier molecular flexibility index (Phi) is 9.24. The first kappa shape index (κ1) is 28.4. The van der Waals surface area contributed by atoms with Gasteiger partial charge in [0.15, 0.2) is 17.2 Å². The second kappa shape index (κ2) is 12.4. The van der Waals surface area contributed by atoms with E-state index < -0.39 is 29.6 Å². The molecule has 1 unspecified atom stereocenters. The summed E-state index contributed by atoms with van der Waals surface area (Å²) >= 11 is 0.662. The predicted molar refractivity (Wildman–Crippen MR) is 143 cm³/mol. The molecule has 0 bridgehead atoms. The number of aromatic nitrogens is 1. The van der Waals surface area contributed by atoms with Crippen molar-refractivity contribution in [3.63, 3.8) is 0 Å². The third-order valence-electron chi connectivity index (χ3n) is 5.71. The number of nitrogen functional groups attached to an aromatic ring is 1. The number of methoxy groups -OCH3 is 2. The number of carbonyl (C=O) groups excluding carboxylic acids is 3. The van der Waals surface area contributed by atoms with Gasteiger partial charge in [-0.3, -0.25) is 19.3 Å². The maximum absolute atomic E-state index is 14.4. The van der Waals surface area contributed by atoms with Crippen molar-refractivity contribution in [2.24, 2.45) is 11.7 Å². The molecule has 0 fully saturated rings. The van der Waals surface area contributed by atoms with Gasteiger partial charge in [-0.25, -0.2) is 4.39 Å². The van der Waals surface area contributed by atoms with Crippen molar-refractivity contribution < 1.29 is 28.2 Å². The molecule has 38 heavy (non-hydrogen) atoms. The van der Waals surface area contributed by atoms with Gasteiger partial charge in [-0.15, -0.1) is 0 Å². The Balaban J connectivity index is 2.22. The summed E-state index contributed by atoms with van der Waals surface area (Å²) in [6.45, 7) is 4.38. The number of benzene rings is 2. The minimum absolute atomic E-state index is 0.0854. The summed E-state index contributed by atoms with van der Waals surface area (Å²) in [6, 6.07) is 8.74. The van der Waals surface area contributed by atoms with Gasteiger partial charge in [0.2, 0.25) is 5.91 Å². The fourth-order valence-electron chi connectivity index (χ4n) is 3.77. The second-order valence-electron chi connectivity index (χ2n) is 8.78. The molecule has 0 saturated heterocycles. The third-order valence-corrected chi connectivity index (χ3v) is 6.56. The Morgan fingerprint density at radius 1 is 1.11 bits per heavy atom. The molecule has 0 aliphatic carbocycles. The van der Waals surface area contributed by atoms with Gasteiger partial charge in [-0.2, -0.15) is 4.37 Å². The van der Waals surface area contributed by atoms with Crippen molar-refractivity contribution in [3.05, 3.63) is 64.4 Å². The van der Waals surface area contributed by atoms with Crippen molar-refractivity contribution in [1.29, 1.82) is 0 Å². The van der Waals surface area contributed by atoms with Gasteiger partial charge in [0.05, 0.1) is 19.9 Å². The van der Waals surface area contributed by atoms with Gasteiger partial charge in [0.25, 0.3) is 11.8 Å². The van der Waals surface area contributed by atoms with Crippen molar-refractivity contribution >= 4 is 40.6 Å². The highest BCUT2D eigenvalue weighted by Crippen LogP contribution is 2.36. The number of amides is 3. The third kappa shape index (κ3) is 6.20. The van der Waals surface area contributed by atoms with E-state index in [0.717, 1.165) is 11.0 Å². The molecule has 5 N–H and O–H groups in total. The lowest BCUT2D eigenvalue weighted by Gasteiger charge is -2.31. The van der Waals surface area contributed by atoms with Crippen LogP contribution in [-0.2, 0) is 4.79 Å². The summed E-state index contributed by atoms with van der Waals surface area (Å²) in [7, 11) is 2.91. The molecule has 0 spiro atoms. The van der Waals surface area contributed by atoms with Crippen LogP contribution in [0, 0.1) is 11.7 Å². The van der Waals surface area contributed by atoms with Gasteiger partial charge in [-0.1, -0.05) is 26.0 Å². The Labute approximate surface area is 223 Å². The Bertz CT molecular complexity index is 1330. The zero-order valence-corrected chi connectivity index (χ0v) is 22.3. The van der Waals surface area contributed by atoms with Crippen molar-refractivity contribution in [1.82, 2.24) is 9.69 Å². The van der Waals surface area contributed by atoms with Crippen LogP contribution in [0.25, 0.3) is 0 Å². The van der Waals surface area contributed by atoms with Crippen LogP contribution in [0.3, 0.4) is 0 Å². The maximum atomic E-state index is 14.4. The first-order valence-corrected chi connectivity index (χ1v) is 12.5. The maximum Gasteiger partial charge on any atom is 0.273 e. The largest absolute Gasteiger partial charge is 0.493 e. The molecule has 0 aliphatic rings. The van der Waals surface area contributed by atoms with Crippen LogP contribution in [-0.4, -0.2) is 42.9 Å². The van der Waals surface area contributed by atoms with E-state index in [9.17, 15) is 18.8 Å². The lowest BCUT2D eigenvalue weighted by Crippen LogP contribution is -2.44. The number of nitrogens with two attached hydrogens (primary N) is 2. The zero-order chi connectivity index (χ0) is 28.0. The number of carbonyl (C=O) groups is 3. The molecule has 2 aromatic carbocycles. The van der Waals surface area contributed by atoms with Gasteiger partial charge in [0.1, 0.15) is 16.7 Å². The topological polar surface area (TPSA) is 150 Å². The normalized spacial score (nSPS) is 11.6. The van der Waals surface area contributed by atoms with Crippen LogP contribution < -0.4 is 31.2 Å². The summed E-state index contributed by atoms with van der Waals surface area (Å²) in [5.41, 5.74) is 11.3. The molecule has 1 aromatic heterocycles. The van der Waals surface area contributed by atoms with Crippen molar-refractivity contribution in [3.8, 4) is 11.5 Å². The first-order chi connectivity index (χ1) is 18.1. The molecule has 202 valence electrons. The van der Waals surface area contributed by atoms with E-state index >= 15 is 0 Å². The number of primary amides is 1. The average molecular weight is 544 g/mol. The molecular formula is C26H30FN5O5S. The number of nitrogens with zero attached hydrogens (tertiary/aromatic N) is 2. The molecule has 0 aliphatic heterocycles. The SMILES string of the molecule is COc1ccc(C(C(=O)NCCC(C)C)N(C(=O)c2snc(C(N)=O)c2N)c2cccc(F)c2)cc1OC. The minimum atomic E-state index is -1.28. The lowest BCUT2D eigenvalue weighted by atomic mass is 10.0. The molecule has 1 heterocycles. The molecule has 3 amide bonds. The highest BCUT2D eigenvalue weighted by Gasteiger charge is 2.36. The van der Waals surface area contributed by atoms with E-state index in [0.29, 0.717) is 47.5 Å². The van der Waals surface area contributed by atoms with Gasteiger partial charge in [-0.05, 0) is 59.8 Å². The highest BCUT2D eigenvalue weighted by molar-refractivity contribution is 7.09. The number of halogens is 1. The Morgan fingerprint density at radius 3 is 2.39 bits per heavy atom. The molecule has 0 radical (unpaired) electrons. The number of nitrogens with one attached hydrogen (secondary N) is 1. The zero-order valence-electron chi connectivity index (χ0n) is 21.5. The Morgan fingerprint density at radius 2 is 1.82 bits per heavy atom. The van der Waals surface area contributed by atoms with Gasteiger partial charge < -0.3 is 26.3 Å². The number of hydrogen-bond acceptors (Lipinski definition) is 8. The van der Waals surface area contributed by atoms with E-state index in [4.69, 9.17) is 20.9 Å². The molecule has 1 atom stereocenters. The minimum Gasteiger partial charge on any atom is -0.493 e. The van der Waals surface area contributed by atoms with Crippen LogP contribution in [0.1, 0.15) is 52.0 Å². The molecular weight excluding hydrogens is 513 g/mol. The van der Waals surface area contributed by atoms with Crippen LogP contribution in [0.2, 0.25) is 0 Å². The second-order valence-corrected chi connectivity index (χ2v) is 9.56. The fraction of sp³-hybridized carbons (Fsp3) is 0.308. The number of hydrogen-bond donors (Lipinski definition) is 3. The highest BCUT2D eigenvalue weighted by atomic mass is 32.1. The van der Waals surface area contributed by atoms with Gasteiger partial charge in [0, 0.05) is 12.2 Å². The summed E-state index contributed by atoms with van der Waals surface area (Å²) in [6.07, 6.45) is 0.696. The van der Waals surface area contributed by atoms with E-state index in [2.05, 4.69) is 9.69 Å². The van der Waals surface area contributed by atoms with Crippen LogP contribution >= 0.6 is 11.5 Å². The van der Waals surface area contributed by atoms with Gasteiger partial charge >= 0.3 is 0 Å². The molecule has 3 aromatic rings. The van der Waals surface area contributed by atoms with Crippen molar-refractivity contribution in [2.75, 3.05) is 31.4 Å². The van der Waals surface area contributed by atoms with Crippen molar-refractivity contribution in [2.45, 2.75) is 26.3 Å². The molecule has 12 heteroatoms. The van der Waals surface area contributed by atoms with E-state index in [-0.39, 0.29) is 21.9 Å². The first-order valence-electron chi connectivity index (χ1n) is 11.7. The van der Waals surface area contributed by atoms with E-state index in [1.807, 2.05) is 13.8 Å². The summed E-state index contributed by atoms with van der Waals surface area (Å²) in [4.78, 5) is 40.4. The van der Waals surface area contributed by atoms with E-state index in [1.165, 1.54) is 32.4 Å². The monoisotopic (exact) mass is 543 g/mol. The number of ether oxygens (including phenoxy) is 2. The quantitative estimate of drug-likeness (QED) is 0.335. The molecule has 10 nitrogen and oxygen atoms in total. The molecule has 0 saturated carbocycles. The number of rotatable bonds is 11. The average Bonchev–Trinajstić information content (AvgIpc) is 3.27. The summed E-state index contributed by atoms with van der Waals surface area (Å²) < 4.78 is 29.0. The fourth-order valence-corrected chi connectivity index (χ4v) is 4.51. The number of anilines is 2. The predicted octanol–water partition coefficient (Wildman–Crippen LogP) is 3.53. The standard InChI is InChI=1S/C26H30FN5O5S/c1-14(2)10-11-30-25(34)22(15-8-9-18(36-3)19(12-15)37-4)32(17-7-5-6-16(27)13-17)26(35)23-20(28)21(24(29)33)31-38-23/h5-9,12-14,22H,10-11,28H2,1-4H3,(H2,29,33)(H,30,34). The van der Waals surface area contributed by atoms with E-state index in [1.54, 1.807) is 18.2 Å². The Hall–Kier alpha value is -4.19. The van der Waals surface area contributed by atoms with Crippen LogP contribution in [0.4, 0.5) is 15.8 Å².